The minimum Gasteiger partial charge on any atom is -0.489 e. The van der Waals surface area contributed by atoms with E-state index in [4.69, 9.17) is 16.3 Å². The third-order valence-corrected chi connectivity index (χ3v) is 5.95. The highest BCUT2D eigenvalue weighted by atomic mass is 35.5. The Labute approximate surface area is 140 Å². The van der Waals surface area contributed by atoms with Gasteiger partial charge in [-0.05, 0) is 49.2 Å². The standard InChI is InChI=1S/C16H17ClN2O3S/c17-13-3-5-16(6-4-13)23(20,21)19-10-7-14(8-11-19)22-15-2-1-9-18-12-15/h1-6,9,12,14H,7-8,10-11H2. The van der Waals surface area contributed by atoms with Gasteiger partial charge in [0.05, 0.1) is 11.1 Å². The van der Waals surface area contributed by atoms with E-state index in [1.54, 1.807) is 24.5 Å². The third-order valence-electron chi connectivity index (χ3n) is 3.79. The van der Waals surface area contributed by atoms with Gasteiger partial charge in [0.2, 0.25) is 10.0 Å². The van der Waals surface area contributed by atoms with Crippen molar-refractivity contribution in [3.8, 4) is 5.75 Å². The number of ether oxygens (including phenoxy) is 1. The molecular formula is C16H17ClN2O3S. The van der Waals surface area contributed by atoms with Crippen LogP contribution in [-0.2, 0) is 10.0 Å². The first-order valence-electron chi connectivity index (χ1n) is 7.38. The van der Waals surface area contributed by atoms with Crippen LogP contribution < -0.4 is 4.74 Å². The van der Waals surface area contributed by atoms with Crippen molar-refractivity contribution in [1.29, 1.82) is 0 Å². The average molecular weight is 353 g/mol. The molecular weight excluding hydrogens is 336 g/mol. The summed E-state index contributed by atoms with van der Waals surface area (Å²) < 4.78 is 32.5. The van der Waals surface area contributed by atoms with Crippen LogP contribution in [0.15, 0.2) is 53.7 Å². The van der Waals surface area contributed by atoms with E-state index in [-0.39, 0.29) is 11.0 Å². The topological polar surface area (TPSA) is 59.5 Å². The lowest BCUT2D eigenvalue weighted by atomic mass is 10.1. The van der Waals surface area contributed by atoms with Crippen LogP contribution in [0.1, 0.15) is 12.8 Å². The predicted molar refractivity (Wildman–Crippen MR) is 88.1 cm³/mol. The highest BCUT2D eigenvalue weighted by Gasteiger charge is 2.30. The zero-order valence-electron chi connectivity index (χ0n) is 12.4. The molecule has 0 saturated carbocycles. The molecule has 122 valence electrons. The fourth-order valence-corrected chi connectivity index (χ4v) is 4.15. The predicted octanol–water partition coefficient (Wildman–Crippen LogP) is 2.97. The molecule has 0 atom stereocenters. The number of sulfonamides is 1. The number of hydrogen-bond donors (Lipinski definition) is 0. The van der Waals surface area contributed by atoms with Gasteiger partial charge in [-0.2, -0.15) is 4.31 Å². The molecule has 0 bridgehead atoms. The second-order valence-electron chi connectivity index (χ2n) is 5.36. The summed E-state index contributed by atoms with van der Waals surface area (Å²) in [4.78, 5) is 4.28. The van der Waals surface area contributed by atoms with Crippen molar-refractivity contribution < 1.29 is 13.2 Å². The molecule has 0 unspecified atom stereocenters. The van der Waals surface area contributed by atoms with Crippen molar-refractivity contribution in [3.63, 3.8) is 0 Å². The fraction of sp³-hybridized carbons (Fsp3) is 0.312. The van der Waals surface area contributed by atoms with Gasteiger partial charge in [-0.3, -0.25) is 4.98 Å². The van der Waals surface area contributed by atoms with Crippen LogP contribution in [0, 0.1) is 0 Å². The SMILES string of the molecule is O=S(=O)(c1ccc(Cl)cc1)N1CCC(Oc2cccnc2)CC1. The van der Waals surface area contributed by atoms with Gasteiger partial charge in [0, 0.05) is 24.3 Å². The minimum atomic E-state index is -3.47. The number of nitrogens with zero attached hydrogens (tertiary/aromatic N) is 2. The number of hydrogen-bond acceptors (Lipinski definition) is 4. The number of piperidine rings is 1. The van der Waals surface area contributed by atoms with Crippen molar-refractivity contribution in [1.82, 2.24) is 9.29 Å². The molecule has 1 aromatic carbocycles. The van der Waals surface area contributed by atoms with Gasteiger partial charge in [0.25, 0.3) is 0 Å². The van der Waals surface area contributed by atoms with E-state index in [0.717, 1.165) is 0 Å². The summed E-state index contributed by atoms with van der Waals surface area (Å²) in [5.74, 6) is 0.714. The average Bonchev–Trinajstić information content (AvgIpc) is 2.57. The van der Waals surface area contributed by atoms with Crippen LogP contribution in [-0.4, -0.2) is 36.9 Å². The molecule has 0 aliphatic carbocycles. The second kappa shape index (κ2) is 6.86. The molecule has 1 aliphatic heterocycles. The monoisotopic (exact) mass is 352 g/mol. The number of halogens is 1. The van der Waals surface area contributed by atoms with Gasteiger partial charge in [0.1, 0.15) is 11.9 Å². The van der Waals surface area contributed by atoms with Gasteiger partial charge in [-0.15, -0.1) is 0 Å². The zero-order chi connectivity index (χ0) is 16.3. The molecule has 1 fully saturated rings. The number of benzene rings is 1. The maximum absolute atomic E-state index is 12.6. The lowest BCUT2D eigenvalue weighted by molar-refractivity contribution is 0.134. The molecule has 1 aliphatic rings. The summed E-state index contributed by atoms with van der Waals surface area (Å²) in [6.07, 6.45) is 4.67. The molecule has 0 N–H and O–H groups in total. The van der Waals surface area contributed by atoms with Crippen LogP contribution in [0.4, 0.5) is 0 Å². The number of pyridine rings is 1. The van der Waals surface area contributed by atoms with Crippen molar-refractivity contribution in [2.45, 2.75) is 23.8 Å². The van der Waals surface area contributed by atoms with Crippen molar-refractivity contribution in [3.05, 3.63) is 53.8 Å². The first-order chi connectivity index (χ1) is 11.1. The number of aromatic nitrogens is 1. The Hall–Kier alpha value is -1.63. The van der Waals surface area contributed by atoms with Crippen molar-refractivity contribution in [2.75, 3.05) is 13.1 Å². The Bertz CT molecular complexity index is 743. The van der Waals surface area contributed by atoms with Gasteiger partial charge >= 0.3 is 0 Å². The molecule has 3 rings (SSSR count). The van der Waals surface area contributed by atoms with E-state index in [1.165, 1.54) is 16.4 Å². The smallest absolute Gasteiger partial charge is 0.243 e. The van der Waals surface area contributed by atoms with Crippen LogP contribution in [0.5, 0.6) is 5.75 Å². The van der Waals surface area contributed by atoms with Crippen molar-refractivity contribution in [2.24, 2.45) is 0 Å². The molecule has 0 radical (unpaired) electrons. The first kappa shape index (κ1) is 16.2. The van der Waals surface area contributed by atoms with E-state index in [1.807, 2.05) is 12.1 Å². The van der Waals surface area contributed by atoms with E-state index in [2.05, 4.69) is 4.98 Å². The molecule has 0 spiro atoms. The van der Waals surface area contributed by atoms with Gasteiger partial charge in [0.15, 0.2) is 0 Å². The maximum Gasteiger partial charge on any atom is 0.243 e. The van der Waals surface area contributed by atoms with Gasteiger partial charge in [-0.1, -0.05) is 11.6 Å². The number of rotatable bonds is 4. The quantitative estimate of drug-likeness (QED) is 0.848. The third kappa shape index (κ3) is 3.83. The van der Waals surface area contributed by atoms with E-state index in [0.29, 0.717) is 36.7 Å². The van der Waals surface area contributed by atoms with E-state index in [9.17, 15) is 8.42 Å². The van der Waals surface area contributed by atoms with Crippen molar-refractivity contribution >= 4 is 21.6 Å². The van der Waals surface area contributed by atoms with Crippen LogP contribution in [0.3, 0.4) is 0 Å². The molecule has 1 saturated heterocycles. The molecule has 23 heavy (non-hydrogen) atoms. The Morgan fingerprint density at radius 2 is 1.83 bits per heavy atom. The molecule has 1 aromatic heterocycles. The van der Waals surface area contributed by atoms with Crippen LogP contribution in [0.2, 0.25) is 5.02 Å². The minimum absolute atomic E-state index is 0.0101. The maximum atomic E-state index is 12.6. The largest absolute Gasteiger partial charge is 0.489 e. The molecule has 0 amide bonds. The van der Waals surface area contributed by atoms with E-state index < -0.39 is 10.0 Å². The summed E-state index contributed by atoms with van der Waals surface area (Å²) in [6.45, 7) is 0.881. The van der Waals surface area contributed by atoms with Crippen LogP contribution >= 0.6 is 11.6 Å². The van der Waals surface area contributed by atoms with Crippen LogP contribution in [0.25, 0.3) is 0 Å². The summed E-state index contributed by atoms with van der Waals surface area (Å²) in [7, 11) is -3.47. The van der Waals surface area contributed by atoms with E-state index >= 15 is 0 Å². The summed E-state index contributed by atoms with van der Waals surface area (Å²) >= 11 is 5.81. The molecule has 5 nitrogen and oxygen atoms in total. The Morgan fingerprint density at radius 1 is 1.13 bits per heavy atom. The van der Waals surface area contributed by atoms with Gasteiger partial charge < -0.3 is 4.74 Å². The zero-order valence-corrected chi connectivity index (χ0v) is 14.0. The molecule has 2 aromatic rings. The summed E-state index contributed by atoms with van der Waals surface area (Å²) in [5, 5.41) is 0.521. The summed E-state index contributed by atoms with van der Waals surface area (Å²) in [6, 6.07) is 9.92. The second-order valence-corrected chi connectivity index (χ2v) is 7.74. The molecule has 2 heterocycles. The Kier molecular flexibility index (Phi) is 4.84. The normalized spacial score (nSPS) is 17.1. The lowest BCUT2D eigenvalue weighted by Gasteiger charge is -2.31. The van der Waals surface area contributed by atoms with Gasteiger partial charge in [-0.25, -0.2) is 8.42 Å². The highest BCUT2D eigenvalue weighted by Crippen LogP contribution is 2.24. The first-order valence-corrected chi connectivity index (χ1v) is 9.20. The Balaban J connectivity index is 1.63. The lowest BCUT2D eigenvalue weighted by Crippen LogP contribution is -2.41. The fourth-order valence-electron chi connectivity index (χ4n) is 2.56. The summed E-state index contributed by atoms with van der Waals surface area (Å²) in [5.41, 5.74) is 0. The highest BCUT2D eigenvalue weighted by molar-refractivity contribution is 7.89. The Morgan fingerprint density at radius 3 is 2.43 bits per heavy atom. The molecule has 7 heteroatoms.